The molecule has 1 aromatic carbocycles. The van der Waals surface area contributed by atoms with Crippen molar-refractivity contribution < 1.29 is 4.79 Å². The number of carbonyl (C=O) groups is 1. The van der Waals surface area contributed by atoms with Crippen molar-refractivity contribution in [1.29, 1.82) is 0 Å². The minimum atomic E-state index is 0.181. The van der Waals surface area contributed by atoms with Crippen LogP contribution in [-0.4, -0.2) is 24.0 Å². The van der Waals surface area contributed by atoms with E-state index in [2.05, 4.69) is 22.8 Å². The molecule has 1 saturated heterocycles. The number of nitrogens with one attached hydrogen (secondary N) is 2. The van der Waals surface area contributed by atoms with E-state index in [0.29, 0.717) is 12.3 Å². The highest BCUT2D eigenvalue weighted by Gasteiger charge is 2.19. The third kappa shape index (κ3) is 3.36. The Hall–Kier alpha value is -1.00. The molecule has 0 atom stereocenters. The molecule has 108 valence electrons. The van der Waals surface area contributed by atoms with E-state index in [9.17, 15) is 4.79 Å². The summed E-state index contributed by atoms with van der Waals surface area (Å²) in [6, 6.07) is 6.25. The summed E-state index contributed by atoms with van der Waals surface area (Å²) < 4.78 is 0. The molecule has 20 heavy (non-hydrogen) atoms. The highest BCUT2D eigenvalue weighted by molar-refractivity contribution is 7.99. The Morgan fingerprint density at radius 2 is 2.20 bits per heavy atom. The highest BCUT2D eigenvalue weighted by Crippen LogP contribution is 2.27. The van der Waals surface area contributed by atoms with Crippen LogP contribution in [0, 0.1) is 5.92 Å². The summed E-state index contributed by atoms with van der Waals surface area (Å²) in [5.41, 5.74) is 3.65. The van der Waals surface area contributed by atoms with Gasteiger partial charge in [-0.3, -0.25) is 4.79 Å². The van der Waals surface area contributed by atoms with Crippen LogP contribution >= 0.6 is 11.8 Å². The minimum absolute atomic E-state index is 0.181. The lowest BCUT2D eigenvalue weighted by atomic mass is 9.97. The Morgan fingerprint density at radius 1 is 1.35 bits per heavy atom. The number of rotatable bonds is 3. The van der Waals surface area contributed by atoms with Crippen molar-refractivity contribution in [3.05, 3.63) is 29.3 Å². The molecule has 3 rings (SSSR count). The number of carbonyl (C=O) groups excluding carboxylic acids is 1. The fourth-order valence-electron chi connectivity index (χ4n) is 3.05. The maximum Gasteiger partial charge on any atom is 0.224 e. The van der Waals surface area contributed by atoms with Crippen LogP contribution in [0.25, 0.3) is 0 Å². The van der Waals surface area contributed by atoms with E-state index >= 15 is 0 Å². The highest BCUT2D eigenvalue weighted by atomic mass is 32.2. The van der Waals surface area contributed by atoms with Crippen molar-refractivity contribution >= 4 is 23.4 Å². The van der Waals surface area contributed by atoms with Crippen LogP contribution in [0.4, 0.5) is 5.69 Å². The summed E-state index contributed by atoms with van der Waals surface area (Å²) in [4.78, 5) is 12.2. The van der Waals surface area contributed by atoms with Gasteiger partial charge in [-0.05, 0) is 60.4 Å². The maximum atomic E-state index is 12.2. The third-order valence-corrected chi connectivity index (χ3v) is 5.28. The molecule has 2 N–H and O–H groups in total. The lowest BCUT2D eigenvalue weighted by Crippen LogP contribution is -2.26. The molecule has 0 bridgehead atoms. The van der Waals surface area contributed by atoms with Gasteiger partial charge in [0.2, 0.25) is 5.91 Å². The van der Waals surface area contributed by atoms with Gasteiger partial charge in [0.25, 0.3) is 0 Å². The monoisotopic (exact) mass is 290 g/mol. The Labute approximate surface area is 124 Å². The van der Waals surface area contributed by atoms with Crippen molar-refractivity contribution in [2.75, 3.05) is 23.4 Å². The molecule has 1 fully saturated rings. The zero-order valence-corrected chi connectivity index (χ0v) is 12.6. The molecular formula is C16H22N2OS. The number of benzene rings is 1. The van der Waals surface area contributed by atoms with Gasteiger partial charge in [0, 0.05) is 18.7 Å². The van der Waals surface area contributed by atoms with Crippen LogP contribution in [0.2, 0.25) is 0 Å². The van der Waals surface area contributed by atoms with Gasteiger partial charge >= 0.3 is 0 Å². The molecule has 2 aliphatic heterocycles. The SMILES string of the molecule is O=C(CC1CCSCC1)Nc1cccc2c1CNCC2. The quantitative estimate of drug-likeness (QED) is 0.899. The zero-order chi connectivity index (χ0) is 13.8. The number of anilines is 1. The van der Waals surface area contributed by atoms with E-state index in [1.807, 2.05) is 17.8 Å². The minimum Gasteiger partial charge on any atom is -0.326 e. The summed E-state index contributed by atoms with van der Waals surface area (Å²) in [5.74, 6) is 3.18. The number of amides is 1. The van der Waals surface area contributed by atoms with Crippen molar-refractivity contribution in [3.63, 3.8) is 0 Å². The Bertz CT molecular complexity index is 483. The first-order valence-electron chi connectivity index (χ1n) is 7.52. The number of hydrogen-bond acceptors (Lipinski definition) is 3. The fraction of sp³-hybridized carbons (Fsp3) is 0.562. The normalized spacial score (nSPS) is 19.4. The fourth-order valence-corrected chi connectivity index (χ4v) is 4.25. The second-order valence-electron chi connectivity index (χ2n) is 5.68. The molecule has 0 spiro atoms. The van der Waals surface area contributed by atoms with Crippen LogP contribution in [0.3, 0.4) is 0 Å². The molecule has 0 aliphatic carbocycles. The summed E-state index contributed by atoms with van der Waals surface area (Å²) >= 11 is 2.01. The summed E-state index contributed by atoms with van der Waals surface area (Å²) in [6.07, 6.45) is 4.11. The Balaban J connectivity index is 1.63. The topological polar surface area (TPSA) is 41.1 Å². The molecule has 1 aromatic rings. The van der Waals surface area contributed by atoms with Crippen LogP contribution in [0.15, 0.2) is 18.2 Å². The van der Waals surface area contributed by atoms with E-state index in [1.54, 1.807) is 0 Å². The van der Waals surface area contributed by atoms with Crippen LogP contribution in [0.5, 0.6) is 0 Å². The summed E-state index contributed by atoms with van der Waals surface area (Å²) in [5, 5.41) is 6.51. The third-order valence-electron chi connectivity index (χ3n) is 4.23. The molecule has 3 nitrogen and oxygen atoms in total. The van der Waals surface area contributed by atoms with Crippen molar-refractivity contribution in [2.45, 2.75) is 32.2 Å². The van der Waals surface area contributed by atoms with Crippen molar-refractivity contribution in [2.24, 2.45) is 5.92 Å². The van der Waals surface area contributed by atoms with Crippen molar-refractivity contribution in [1.82, 2.24) is 5.32 Å². The average Bonchev–Trinajstić information content (AvgIpc) is 2.48. The van der Waals surface area contributed by atoms with Gasteiger partial charge in [-0.25, -0.2) is 0 Å². The molecular weight excluding hydrogens is 268 g/mol. The molecule has 2 aliphatic rings. The largest absolute Gasteiger partial charge is 0.326 e. The predicted octanol–water partition coefficient (Wildman–Crippen LogP) is 2.80. The van der Waals surface area contributed by atoms with Crippen molar-refractivity contribution in [3.8, 4) is 0 Å². The zero-order valence-electron chi connectivity index (χ0n) is 11.8. The van der Waals surface area contributed by atoms with Gasteiger partial charge in [0.05, 0.1) is 0 Å². The van der Waals surface area contributed by atoms with Gasteiger partial charge in [-0.2, -0.15) is 11.8 Å². The summed E-state index contributed by atoms with van der Waals surface area (Å²) in [7, 11) is 0. The molecule has 4 heteroatoms. The molecule has 1 amide bonds. The average molecular weight is 290 g/mol. The lowest BCUT2D eigenvalue weighted by Gasteiger charge is -2.23. The first-order valence-corrected chi connectivity index (χ1v) is 8.67. The molecule has 0 saturated carbocycles. The second kappa shape index (κ2) is 6.64. The lowest BCUT2D eigenvalue weighted by molar-refractivity contribution is -0.117. The molecule has 0 radical (unpaired) electrons. The van der Waals surface area contributed by atoms with Crippen LogP contribution < -0.4 is 10.6 Å². The number of hydrogen-bond donors (Lipinski definition) is 2. The maximum absolute atomic E-state index is 12.2. The van der Waals surface area contributed by atoms with E-state index in [1.165, 1.54) is 35.5 Å². The second-order valence-corrected chi connectivity index (χ2v) is 6.90. The van der Waals surface area contributed by atoms with Crippen LogP contribution in [0.1, 0.15) is 30.4 Å². The number of fused-ring (bicyclic) bond motifs is 1. The van der Waals surface area contributed by atoms with Gasteiger partial charge in [-0.15, -0.1) is 0 Å². The number of thioether (sulfide) groups is 1. The van der Waals surface area contributed by atoms with Gasteiger partial charge in [0.1, 0.15) is 0 Å². The molecule has 2 heterocycles. The predicted molar refractivity (Wildman–Crippen MR) is 85.1 cm³/mol. The molecule has 0 aromatic heterocycles. The van der Waals surface area contributed by atoms with E-state index in [4.69, 9.17) is 0 Å². The smallest absolute Gasteiger partial charge is 0.224 e. The van der Waals surface area contributed by atoms with E-state index in [0.717, 1.165) is 25.2 Å². The van der Waals surface area contributed by atoms with E-state index < -0.39 is 0 Å². The first kappa shape index (κ1) is 14.0. The molecule has 0 unspecified atom stereocenters. The van der Waals surface area contributed by atoms with Gasteiger partial charge in [0.15, 0.2) is 0 Å². The first-order chi connectivity index (χ1) is 9.83. The van der Waals surface area contributed by atoms with Crippen LogP contribution in [-0.2, 0) is 17.8 Å². The Kier molecular flexibility index (Phi) is 4.63. The summed E-state index contributed by atoms with van der Waals surface area (Å²) in [6.45, 7) is 1.90. The van der Waals surface area contributed by atoms with Gasteiger partial charge < -0.3 is 10.6 Å². The van der Waals surface area contributed by atoms with E-state index in [-0.39, 0.29) is 5.91 Å². The van der Waals surface area contributed by atoms with Gasteiger partial charge in [-0.1, -0.05) is 12.1 Å². The Morgan fingerprint density at radius 3 is 3.05 bits per heavy atom. The standard InChI is InChI=1S/C16H22N2OS/c19-16(10-12-5-8-20-9-6-12)18-15-3-1-2-13-4-7-17-11-14(13)15/h1-3,12,17H,4-11H2,(H,18,19).